The van der Waals surface area contributed by atoms with E-state index in [-0.39, 0.29) is 6.04 Å². The van der Waals surface area contributed by atoms with Crippen LogP contribution in [0.25, 0.3) is 0 Å². The Morgan fingerprint density at radius 3 is 2.65 bits per heavy atom. The summed E-state index contributed by atoms with van der Waals surface area (Å²) in [6.45, 7) is 2.55. The lowest BCUT2D eigenvalue weighted by atomic mass is 10.1. The predicted octanol–water partition coefficient (Wildman–Crippen LogP) is 1.99. The number of hydrogen-bond donors (Lipinski definition) is 2. The lowest BCUT2D eigenvalue weighted by Crippen LogP contribution is -2.18. The summed E-state index contributed by atoms with van der Waals surface area (Å²) in [4.78, 5) is 10.3. The summed E-state index contributed by atoms with van der Waals surface area (Å²) in [5.41, 5.74) is 1.13. The maximum absolute atomic E-state index is 10.3. The molecule has 0 saturated heterocycles. The number of nitrogens with one attached hydrogen (secondary N) is 1. The molecule has 1 aromatic rings. The summed E-state index contributed by atoms with van der Waals surface area (Å²) < 4.78 is 5.08. The molecule has 0 aliphatic carbocycles. The lowest BCUT2D eigenvalue weighted by Gasteiger charge is -2.13. The minimum Gasteiger partial charge on any atom is -0.497 e. The van der Waals surface area contributed by atoms with Crippen LogP contribution in [0.5, 0.6) is 5.75 Å². The summed E-state index contributed by atoms with van der Waals surface area (Å²) in [5, 5.41) is 11.6. The fourth-order valence-corrected chi connectivity index (χ4v) is 1.41. The van der Waals surface area contributed by atoms with Crippen molar-refractivity contribution in [1.29, 1.82) is 0 Å². The quantitative estimate of drug-likeness (QED) is 0.740. The van der Waals surface area contributed by atoms with Gasteiger partial charge in [0.1, 0.15) is 5.75 Å². The number of carboxylic acid groups (broad SMARTS) is 1. The van der Waals surface area contributed by atoms with Crippen molar-refractivity contribution in [2.24, 2.45) is 0 Å². The van der Waals surface area contributed by atoms with Gasteiger partial charge in [-0.2, -0.15) is 0 Å². The highest BCUT2D eigenvalue weighted by molar-refractivity contribution is 5.79. The smallest absolute Gasteiger partial charge is 0.328 e. The van der Waals surface area contributed by atoms with Crippen molar-refractivity contribution in [3.63, 3.8) is 0 Å². The number of aliphatic carboxylic acids is 1. The Labute approximate surface area is 101 Å². The number of methoxy groups -OCH3 is 1. The Kier molecular flexibility index (Phi) is 5.23. The monoisotopic (exact) mass is 235 g/mol. The molecule has 0 unspecified atom stereocenters. The second-order valence-electron chi connectivity index (χ2n) is 3.64. The van der Waals surface area contributed by atoms with Gasteiger partial charge in [-0.05, 0) is 24.6 Å². The van der Waals surface area contributed by atoms with E-state index in [0.717, 1.165) is 17.4 Å². The molecular weight excluding hydrogens is 218 g/mol. The first-order valence-corrected chi connectivity index (χ1v) is 5.40. The summed E-state index contributed by atoms with van der Waals surface area (Å²) in [5.74, 6) is -0.101. The van der Waals surface area contributed by atoms with Gasteiger partial charge in [-0.1, -0.05) is 18.2 Å². The second-order valence-corrected chi connectivity index (χ2v) is 3.64. The zero-order valence-electron chi connectivity index (χ0n) is 10.0. The van der Waals surface area contributed by atoms with Crippen LogP contribution in [0.4, 0.5) is 0 Å². The van der Waals surface area contributed by atoms with Gasteiger partial charge in [-0.15, -0.1) is 0 Å². The third kappa shape index (κ3) is 4.70. The number of ether oxygens (including phenoxy) is 1. The highest BCUT2D eigenvalue weighted by Crippen LogP contribution is 2.16. The van der Waals surface area contributed by atoms with Gasteiger partial charge >= 0.3 is 5.97 Å². The number of benzene rings is 1. The summed E-state index contributed by atoms with van der Waals surface area (Å²) in [6, 6.07) is 7.94. The molecule has 0 amide bonds. The van der Waals surface area contributed by atoms with E-state index >= 15 is 0 Å². The molecule has 2 N–H and O–H groups in total. The molecule has 1 atom stereocenters. The van der Waals surface area contributed by atoms with Crippen LogP contribution >= 0.6 is 0 Å². The van der Waals surface area contributed by atoms with Gasteiger partial charge < -0.3 is 15.2 Å². The molecular formula is C13H17NO3. The van der Waals surface area contributed by atoms with Crippen LogP contribution in [0.3, 0.4) is 0 Å². The number of rotatable bonds is 6. The van der Waals surface area contributed by atoms with Crippen molar-refractivity contribution < 1.29 is 14.6 Å². The maximum Gasteiger partial charge on any atom is 0.328 e. The van der Waals surface area contributed by atoms with Crippen molar-refractivity contribution in [2.45, 2.75) is 13.0 Å². The molecule has 0 bridgehead atoms. The van der Waals surface area contributed by atoms with Gasteiger partial charge in [0, 0.05) is 18.7 Å². The van der Waals surface area contributed by atoms with Crippen LogP contribution < -0.4 is 10.1 Å². The zero-order valence-corrected chi connectivity index (χ0v) is 10.0. The fourth-order valence-electron chi connectivity index (χ4n) is 1.41. The van der Waals surface area contributed by atoms with Gasteiger partial charge in [0.2, 0.25) is 0 Å². The minimum atomic E-state index is -0.927. The Morgan fingerprint density at radius 1 is 1.47 bits per heavy atom. The van der Waals surface area contributed by atoms with Crippen LogP contribution in [0.2, 0.25) is 0 Å². The van der Waals surface area contributed by atoms with Crippen LogP contribution in [0.15, 0.2) is 36.4 Å². The molecule has 4 nitrogen and oxygen atoms in total. The molecule has 92 valence electrons. The van der Waals surface area contributed by atoms with Crippen LogP contribution in [0, 0.1) is 0 Å². The molecule has 0 aromatic heterocycles. The fraction of sp³-hybridized carbons (Fsp3) is 0.308. The van der Waals surface area contributed by atoms with Crippen LogP contribution in [-0.4, -0.2) is 24.7 Å². The molecule has 0 fully saturated rings. The summed E-state index contributed by atoms with van der Waals surface area (Å²) >= 11 is 0. The van der Waals surface area contributed by atoms with E-state index in [0.29, 0.717) is 6.54 Å². The SMILES string of the molecule is COc1ccc([C@@H](C)NC/C=C/C(=O)O)cc1. The van der Waals surface area contributed by atoms with E-state index < -0.39 is 5.97 Å². The van der Waals surface area contributed by atoms with Crippen molar-refractivity contribution in [3.8, 4) is 5.75 Å². The zero-order chi connectivity index (χ0) is 12.7. The predicted molar refractivity (Wildman–Crippen MR) is 66.2 cm³/mol. The first kappa shape index (κ1) is 13.3. The molecule has 0 aliphatic heterocycles. The van der Waals surface area contributed by atoms with E-state index in [2.05, 4.69) is 5.32 Å². The Hall–Kier alpha value is -1.81. The van der Waals surface area contributed by atoms with Crippen molar-refractivity contribution in [2.75, 3.05) is 13.7 Å². The van der Waals surface area contributed by atoms with E-state index in [9.17, 15) is 4.79 Å². The Bertz CT molecular complexity index is 384. The topological polar surface area (TPSA) is 58.6 Å². The van der Waals surface area contributed by atoms with Gasteiger partial charge in [-0.25, -0.2) is 4.79 Å². The molecule has 0 spiro atoms. The first-order valence-electron chi connectivity index (χ1n) is 5.40. The molecule has 17 heavy (non-hydrogen) atoms. The third-order valence-corrected chi connectivity index (χ3v) is 2.42. The second kappa shape index (κ2) is 6.70. The maximum atomic E-state index is 10.3. The van der Waals surface area contributed by atoms with Crippen LogP contribution in [0.1, 0.15) is 18.5 Å². The van der Waals surface area contributed by atoms with Crippen molar-refractivity contribution in [1.82, 2.24) is 5.32 Å². The van der Waals surface area contributed by atoms with E-state index in [1.165, 1.54) is 0 Å². The van der Waals surface area contributed by atoms with Crippen molar-refractivity contribution in [3.05, 3.63) is 42.0 Å². The van der Waals surface area contributed by atoms with E-state index in [4.69, 9.17) is 9.84 Å². The normalized spacial score (nSPS) is 12.6. The highest BCUT2D eigenvalue weighted by Gasteiger charge is 2.03. The van der Waals surface area contributed by atoms with Gasteiger partial charge in [0.15, 0.2) is 0 Å². The number of carboxylic acids is 1. The average Bonchev–Trinajstić information content (AvgIpc) is 2.34. The molecule has 1 rings (SSSR count). The summed E-state index contributed by atoms with van der Waals surface area (Å²) in [6.07, 6.45) is 2.72. The Balaban J connectivity index is 2.46. The van der Waals surface area contributed by atoms with Crippen LogP contribution in [-0.2, 0) is 4.79 Å². The molecule has 0 aliphatic rings. The summed E-state index contributed by atoms with van der Waals surface area (Å²) in [7, 11) is 1.63. The molecule has 0 radical (unpaired) electrons. The number of hydrogen-bond acceptors (Lipinski definition) is 3. The minimum absolute atomic E-state index is 0.166. The lowest BCUT2D eigenvalue weighted by molar-refractivity contribution is -0.131. The standard InChI is InChI=1S/C13H17NO3/c1-10(14-9-3-4-13(15)16)11-5-7-12(17-2)8-6-11/h3-8,10,14H,9H2,1-2H3,(H,15,16)/b4-3+/t10-/m1/s1. The van der Waals surface area contributed by atoms with E-state index in [1.807, 2.05) is 31.2 Å². The van der Waals surface area contributed by atoms with Gasteiger partial charge in [-0.3, -0.25) is 0 Å². The molecule has 0 saturated carbocycles. The molecule has 4 heteroatoms. The van der Waals surface area contributed by atoms with E-state index in [1.54, 1.807) is 13.2 Å². The average molecular weight is 235 g/mol. The number of carbonyl (C=O) groups is 1. The molecule has 0 heterocycles. The highest BCUT2D eigenvalue weighted by atomic mass is 16.5. The van der Waals surface area contributed by atoms with Gasteiger partial charge in [0.05, 0.1) is 7.11 Å². The first-order chi connectivity index (χ1) is 8.13. The van der Waals surface area contributed by atoms with Crippen molar-refractivity contribution >= 4 is 5.97 Å². The Morgan fingerprint density at radius 2 is 2.12 bits per heavy atom. The largest absolute Gasteiger partial charge is 0.497 e. The third-order valence-electron chi connectivity index (χ3n) is 2.42. The van der Waals surface area contributed by atoms with Gasteiger partial charge in [0.25, 0.3) is 0 Å². The molecule has 1 aromatic carbocycles.